The molecule has 0 radical (unpaired) electrons. The highest BCUT2D eigenvalue weighted by molar-refractivity contribution is 7.89. The van der Waals surface area contributed by atoms with E-state index in [1.165, 1.54) is 63.8 Å². The number of sulfonamides is 1. The molecule has 1 aromatic heterocycles. The second kappa shape index (κ2) is 17.4. The maximum absolute atomic E-state index is 15.7. The number of halogens is 5. The second-order valence-corrected chi connectivity index (χ2v) is 16.6. The minimum absolute atomic E-state index is 0.0244. The fourth-order valence-corrected chi connectivity index (χ4v) is 8.43. The van der Waals surface area contributed by atoms with E-state index < -0.39 is 69.5 Å². The highest BCUT2D eigenvalue weighted by atomic mass is 35.5. The Kier molecular flexibility index (Phi) is 13.1. The van der Waals surface area contributed by atoms with Gasteiger partial charge in [-0.15, -0.1) is 0 Å². The van der Waals surface area contributed by atoms with E-state index in [0.717, 1.165) is 12.3 Å². The van der Waals surface area contributed by atoms with Crippen LogP contribution in [-0.2, 0) is 38.6 Å². The zero-order valence-electron chi connectivity index (χ0n) is 30.7. The number of carbonyl (C=O) groups excluding carboxylic acids is 2. The van der Waals surface area contributed by atoms with Gasteiger partial charge >= 0.3 is 12.3 Å². The SMILES string of the molecule is CC(C)(C)OC(=O)N1CCN(S(=O)(=O)c2ccccc2)[C@@H](CCc2c(F)cccc2CC(=O)[C@@H](N=[N+]=[N-])[C@@H](c2ccc(Cl)cc2)c2cncc(C(F)(F)F)c2)C1. The third-order valence-corrected chi connectivity index (χ3v) is 11.5. The molecule has 0 unspecified atom stereocenters. The fourth-order valence-electron chi connectivity index (χ4n) is 6.65. The Morgan fingerprint density at radius 2 is 1.70 bits per heavy atom. The molecule has 56 heavy (non-hydrogen) atoms. The molecule has 0 spiro atoms. The van der Waals surface area contributed by atoms with Crippen LogP contribution in [0.4, 0.5) is 22.4 Å². The summed E-state index contributed by atoms with van der Waals surface area (Å²) in [5.74, 6) is -2.65. The number of pyridine rings is 1. The van der Waals surface area contributed by atoms with E-state index in [1.54, 1.807) is 39.0 Å². The summed E-state index contributed by atoms with van der Waals surface area (Å²) in [6.07, 6.45) is -4.16. The van der Waals surface area contributed by atoms with Gasteiger partial charge in [-0.3, -0.25) is 9.78 Å². The van der Waals surface area contributed by atoms with Gasteiger partial charge in [0.2, 0.25) is 10.0 Å². The number of carbonyl (C=O) groups is 2. The van der Waals surface area contributed by atoms with Crippen LogP contribution < -0.4 is 0 Å². The van der Waals surface area contributed by atoms with Crippen molar-refractivity contribution in [2.24, 2.45) is 5.11 Å². The number of aromatic nitrogens is 1. The predicted molar refractivity (Wildman–Crippen MR) is 201 cm³/mol. The van der Waals surface area contributed by atoms with Crippen molar-refractivity contribution >= 4 is 33.5 Å². The first-order chi connectivity index (χ1) is 26.4. The Morgan fingerprint density at radius 3 is 2.34 bits per heavy atom. The molecule has 5 rings (SSSR count). The molecule has 1 aliphatic rings. The van der Waals surface area contributed by atoms with Crippen LogP contribution in [-0.4, -0.2) is 71.8 Å². The van der Waals surface area contributed by atoms with Crippen molar-refractivity contribution < 1.29 is 40.3 Å². The summed E-state index contributed by atoms with van der Waals surface area (Å²) in [6, 6.07) is 16.2. The van der Waals surface area contributed by atoms with Gasteiger partial charge in [0.1, 0.15) is 23.2 Å². The van der Waals surface area contributed by atoms with E-state index in [1.807, 2.05) is 0 Å². The van der Waals surface area contributed by atoms with Crippen LogP contribution in [0.25, 0.3) is 10.4 Å². The molecule has 3 aromatic carbocycles. The Labute approximate surface area is 326 Å². The lowest BCUT2D eigenvalue weighted by atomic mass is 9.82. The number of alkyl halides is 3. The highest BCUT2D eigenvalue weighted by Gasteiger charge is 2.39. The van der Waals surface area contributed by atoms with Gasteiger partial charge < -0.3 is 9.64 Å². The van der Waals surface area contributed by atoms with Gasteiger partial charge in [-0.1, -0.05) is 59.2 Å². The maximum Gasteiger partial charge on any atom is 0.417 e. The van der Waals surface area contributed by atoms with E-state index >= 15 is 4.39 Å². The van der Waals surface area contributed by atoms with Crippen LogP contribution in [0.5, 0.6) is 0 Å². The number of amides is 1. The molecular weight excluding hydrogens is 776 g/mol. The van der Waals surface area contributed by atoms with Crippen LogP contribution in [0, 0.1) is 5.82 Å². The predicted octanol–water partition coefficient (Wildman–Crippen LogP) is 8.76. The number of hydrogen-bond donors (Lipinski definition) is 0. The zero-order valence-corrected chi connectivity index (χ0v) is 32.2. The first kappa shape index (κ1) is 42.1. The van der Waals surface area contributed by atoms with E-state index in [2.05, 4.69) is 15.0 Å². The highest BCUT2D eigenvalue weighted by Crippen LogP contribution is 2.36. The molecular formula is C39H39ClF4N6O5S. The Morgan fingerprint density at radius 1 is 1.00 bits per heavy atom. The number of ketones is 1. The summed E-state index contributed by atoms with van der Waals surface area (Å²) in [4.78, 5) is 35.3. The van der Waals surface area contributed by atoms with E-state index in [4.69, 9.17) is 16.3 Å². The lowest BCUT2D eigenvalue weighted by molar-refractivity contribution is -0.137. The van der Waals surface area contributed by atoms with Crippen molar-refractivity contribution in [1.29, 1.82) is 0 Å². The zero-order chi connectivity index (χ0) is 40.8. The average Bonchev–Trinajstić information content (AvgIpc) is 3.14. The Hall–Kier alpha value is -5.02. The molecule has 296 valence electrons. The van der Waals surface area contributed by atoms with Crippen LogP contribution in [0.15, 0.2) is 101 Å². The summed E-state index contributed by atoms with van der Waals surface area (Å²) in [5.41, 5.74) is 8.22. The van der Waals surface area contributed by atoms with Crippen molar-refractivity contribution in [2.75, 3.05) is 19.6 Å². The molecule has 4 aromatic rings. The summed E-state index contributed by atoms with van der Waals surface area (Å²) < 4.78 is 91.6. The molecule has 3 atom stereocenters. The van der Waals surface area contributed by atoms with Crippen LogP contribution in [0.3, 0.4) is 0 Å². The molecule has 1 amide bonds. The molecule has 0 N–H and O–H groups in total. The van der Waals surface area contributed by atoms with E-state index in [0.29, 0.717) is 16.8 Å². The minimum atomic E-state index is -4.76. The molecule has 1 aliphatic heterocycles. The number of benzene rings is 3. The number of rotatable bonds is 12. The van der Waals surface area contributed by atoms with Crippen LogP contribution >= 0.6 is 11.6 Å². The molecule has 17 heteroatoms. The van der Waals surface area contributed by atoms with Gasteiger partial charge in [0.05, 0.1) is 10.5 Å². The lowest BCUT2D eigenvalue weighted by Gasteiger charge is -2.41. The molecule has 0 aliphatic carbocycles. The summed E-state index contributed by atoms with van der Waals surface area (Å²) in [7, 11) is -4.06. The second-order valence-electron chi connectivity index (χ2n) is 14.3. The van der Waals surface area contributed by atoms with Crippen molar-refractivity contribution in [2.45, 2.75) is 74.7 Å². The fraction of sp³-hybridized carbons (Fsp3) is 0.359. The van der Waals surface area contributed by atoms with E-state index in [-0.39, 0.29) is 54.1 Å². The molecule has 11 nitrogen and oxygen atoms in total. The molecule has 1 fully saturated rings. The Balaban J connectivity index is 1.47. The van der Waals surface area contributed by atoms with Gasteiger partial charge in [0, 0.05) is 60.3 Å². The molecule has 0 bridgehead atoms. The van der Waals surface area contributed by atoms with Crippen molar-refractivity contribution in [3.63, 3.8) is 0 Å². The maximum atomic E-state index is 15.7. The number of nitrogens with zero attached hydrogens (tertiary/aromatic N) is 6. The van der Waals surface area contributed by atoms with Gasteiger partial charge in [0.25, 0.3) is 0 Å². The monoisotopic (exact) mass is 814 g/mol. The van der Waals surface area contributed by atoms with Crippen LogP contribution in [0.2, 0.25) is 5.02 Å². The lowest BCUT2D eigenvalue weighted by Crippen LogP contribution is -2.57. The summed E-state index contributed by atoms with van der Waals surface area (Å²) in [5, 5.41) is 4.06. The van der Waals surface area contributed by atoms with Gasteiger partial charge in [0.15, 0.2) is 0 Å². The first-order valence-corrected chi connectivity index (χ1v) is 19.4. The van der Waals surface area contributed by atoms with Crippen molar-refractivity contribution in [3.05, 3.63) is 140 Å². The van der Waals surface area contributed by atoms with Gasteiger partial charge in [-0.2, -0.15) is 17.5 Å². The van der Waals surface area contributed by atoms with E-state index in [9.17, 15) is 36.7 Å². The smallest absolute Gasteiger partial charge is 0.417 e. The van der Waals surface area contributed by atoms with Crippen molar-refractivity contribution in [1.82, 2.24) is 14.2 Å². The number of hydrogen-bond acceptors (Lipinski definition) is 7. The molecule has 2 heterocycles. The average molecular weight is 815 g/mol. The molecule has 1 saturated heterocycles. The number of Topliss-reactive ketones (excluding diaryl/α,β-unsaturated/α-hetero) is 1. The number of azide groups is 1. The topological polar surface area (TPSA) is 146 Å². The standard InChI is InChI=1S/C39H39ClF4N6O5S/c1-38(2,3)55-37(52)49-18-19-50(56(53,54)31-9-5-4-6-10-31)30(24-49)16-17-32-26(8-7-11-33(32)41)21-34(51)36(47-48-45)35(25-12-14-29(40)15-13-25)27-20-28(23-46-22-27)39(42,43)44/h4-15,20,22-23,30,35-36H,16-19,21,24H2,1-3H3/t30-,35-,36+/m0/s1. The first-order valence-electron chi connectivity index (χ1n) is 17.5. The minimum Gasteiger partial charge on any atom is -0.444 e. The normalized spacial score (nSPS) is 16.4. The number of ether oxygens (including phenoxy) is 1. The number of piperazine rings is 1. The van der Waals surface area contributed by atoms with Gasteiger partial charge in [-0.25, -0.2) is 17.6 Å². The quantitative estimate of drug-likeness (QED) is 0.0605. The largest absolute Gasteiger partial charge is 0.444 e. The third kappa shape index (κ3) is 10.2. The van der Waals surface area contributed by atoms with Crippen molar-refractivity contribution in [3.8, 4) is 0 Å². The Bertz CT molecular complexity index is 2200. The summed E-state index contributed by atoms with van der Waals surface area (Å²) >= 11 is 6.08. The third-order valence-electron chi connectivity index (χ3n) is 9.23. The van der Waals surface area contributed by atoms with Crippen LogP contribution in [0.1, 0.15) is 60.9 Å². The summed E-state index contributed by atoms with van der Waals surface area (Å²) in [6.45, 7) is 5.05. The van der Waals surface area contributed by atoms with Gasteiger partial charge in [-0.05, 0) is 97.8 Å². The molecule has 0 saturated carbocycles.